The smallest absolute Gasteiger partial charge is 0.256 e. The SMILES string of the molecule is CC1(C)OC[C@H]2O[C@@H](n3cnc4c(NC(=O)c5ccccc5)ncnc43)C[C@@H]2O1. The number of benzene rings is 1. The summed E-state index contributed by atoms with van der Waals surface area (Å²) in [6.45, 7) is 4.28. The van der Waals surface area contributed by atoms with Gasteiger partial charge in [0.1, 0.15) is 18.7 Å². The van der Waals surface area contributed by atoms with E-state index in [4.69, 9.17) is 14.2 Å². The Labute approximate surface area is 167 Å². The van der Waals surface area contributed by atoms with Crippen LogP contribution in [0.2, 0.25) is 0 Å². The van der Waals surface area contributed by atoms with Crippen molar-refractivity contribution in [1.29, 1.82) is 0 Å². The van der Waals surface area contributed by atoms with Gasteiger partial charge in [-0.3, -0.25) is 9.36 Å². The van der Waals surface area contributed by atoms with Gasteiger partial charge in [0.25, 0.3) is 5.91 Å². The highest BCUT2D eigenvalue weighted by atomic mass is 16.7. The first kappa shape index (κ1) is 18.2. The minimum atomic E-state index is -0.618. The topological polar surface area (TPSA) is 100 Å². The van der Waals surface area contributed by atoms with E-state index in [-0.39, 0.29) is 24.3 Å². The summed E-state index contributed by atoms with van der Waals surface area (Å²) in [7, 11) is 0. The molecule has 2 aliphatic heterocycles. The molecule has 0 aliphatic carbocycles. The number of hydrogen-bond donors (Lipinski definition) is 1. The molecule has 1 aromatic carbocycles. The first-order valence-corrected chi connectivity index (χ1v) is 9.51. The van der Waals surface area contributed by atoms with Crippen molar-refractivity contribution >= 4 is 22.9 Å². The number of hydrogen-bond acceptors (Lipinski definition) is 7. The fraction of sp³-hybridized carbons (Fsp3) is 0.400. The molecule has 2 aromatic heterocycles. The minimum Gasteiger partial charge on any atom is -0.349 e. The molecule has 2 fully saturated rings. The number of carbonyl (C=O) groups is 1. The third kappa shape index (κ3) is 3.37. The first-order chi connectivity index (χ1) is 14.0. The summed E-state index contributed by atoms with van der Waals surface area (Å²) in [6.07, 6.45) is 3.26. The van der Waals surface area contributed by atoms with Crippen molar-refractivity contribution in [3.8, 4) is 0 Å². The molecular weight excluding hydrogens is 374 g/mol. The molecule has 3 aromatic rings. The minimum absolute atomic E-state index is 0.0553. The fourth-order valence-electron chi connectivity index (χ4n) is 3.75. The molecule has 3 atom stereocenters. The molecule has 9 heteroatoms. The molecule has 0 radical (unpaired) electrons. The Morgan fingerprint density at radius 1 is 1.17 bits per heavy atom. The number of ether oxygens (including phenoxy) is 3. The standard InChI is InChI=1S/C20H21N5O4/c1-20(2)27-9-14-13(29-20)8-15(28-14)25-11-23-16-17(21-10-22-18(16)25)24-19(26)12-6-4-3-5-7-12/h3-7,10-11,13-15H,8-9H2,1-2H3,(H,21,22,24,26)/t13-,14+,15+/m0/s1. The van der Waals surface area contributed by atoms with Crippen molar-refractivity contribution in [3.05, 3.63) is 48.5 Å². The third-order valence-corrected chi connectivity index (χ3v) is 5.15. The van der Waals surface area contributed by atoms with E-state index >= 15 is 0 Å². The number of rotatable bonds is 3. The van der Waals surface area contributed by atoms with Crippen molar-refractivity contribution in [2.24, 2.45) is 0 Å². The van der Waals surface area contributed by atoms with Gasteiger partial charge in [-0.25, -0.2) is 15.0 Å². The van der Waals surface area contributed by atoms with Crippen molar-refractivity contribution < 1.29 is 19.0 Å². The van der Waals surface area contributed by atoms with E-state index in [0.717, 1.165) is 0 Å². The van der Waals surface area contributed by atoms with Crippen LogP contribution < -0.4 is 5.32 Å². The normalized spacial score (nSPS) is 25.7. The van der Waals surface area contributed by atoms with Crippen LogP contribution in [0.25, 0.3) is 11.2 Å². The lowest BCUT2D eigenvalue weighted by Crippen LogP contribution is -2.46. The Bertz CT molecular complexity index is 1050. The Morgan fingerprint density at radius 2 is 2.00 bits per heavy atom. The summed E-state index contributed by atoms with van der Waals surface area (Å²) < 4.78 is 19.7. The molecular formula is C20H21N5O4. The van der Waals surface area contributed by atoms with Gasteiger partial charge in [-0.2, -0.15) is 0 Å². The van der Waals surface area contributed by atoms with Crippen molar-refractivity contribution in [3.63, 3.8) is 0 Å². The Kier molecular flexibility index (Phi) is 4.30. The number of aromatic nitrogens is 4. The Hall–Kier alpha value is -2.88. The second kappa shape index (κ2) is 6.87. The van der Waals surface area contributed by atoms with Gasteiger partial charge in [-0.1, -0.05) is 18.2 Å². The van der Waals surface area contributed by atoms with Gasteiger partial charge >= 0.3 is 0 Å². The van der Waals surface area contributed by atoms with E-state index in [1.165, 1.54) is 6.33 Å². The van der Waals surface area contributed by atoms with Gasteiger partial charge in [0, 0.05) is 12.0 Å². The Morgan fingerprint density at radius 3 is 2.83 bits per heavy atom. The van der Waals surface area contributed by atoms with Crippen molar-refractivity contribution in [2.75, 3.05) is 11.9 Å². The van der Waals surface area contributed by atoms with Gasteiger partial charge in [-0.15, -0.1) is 0 Å². The van der Waals surface area contributed by atoms with E-state index in [2.05, 4.69) is 20.3 Å². The van der Waals surface area contributed by atoms with Gasteiger partial charge in [0.2, 0.25) is 0 Å². The van der Waals surface area contributed by atoms with E-state index < -0.39 is 5.79 Å². The van der Waals surface area contributed by atoms with E-state index in [1.54, 1.807) is 18.5 Å². The van der Waals surface area contributed by atoms with Crippen molar-refractivity contribution in [1.82, 2.24) is 19.5 Å². The maximum absolute atomic E-state index is 12.5. The second-order valence-electron chi connectivity index (χ2n) is 7.60. The van der Waals surface area contributed by atoms with Gasteiger partial charge < -0.3 is 19.5 Å². The molecule has 0 unspecified atom stereocenters. The summed E-state index contributed by atoms with van der Waals surface area (Å²) in [5.74, 6) is -0.511. The van der Waals surface area contributed by atoms with E-state index in [9.17, 15) is 4.79 Å². The van der Waals surface area contributed by atoms with Gasteiger partial charge in [0.15, 0.2) is 22.8 Å². The van der Waals surface area contributed by atoms with Crippen LogP contribution in [0, 0.1) is 0 Å². The average molecular weight is 395 g/mol. The zero-order valence-corrected chi connectivity index (χ0v) is 16.1. The molecule has 2 aliphatic rings. The number of anilines is 1. The predicted octanol–water partition coefficient (Wildman–Crippen LogP) is 2.52. The van der Waals surface area contributed by atoms with Crippen LogP contribution in [0.4, 0.5) is 5.82 Å². The molecule has 29 heavy (non-hydrogen) atoms. The number of nitrogens with zero attached hydrogens (tertiary/aromatic N) is 4. The van der Waals surface area contributed by atoms with Crippen LogP contribution in [0.3, 0.4) is 0 Å². The molecule has 4 heterocycles. The van der Waals surface area contributed by atoms with Crippen LogP contribution >= 0.6 is 0 Å². The van der Waals surface area contributed by atoms with Gasteiger partial charge in [0.05, 0.1) is 19.0 Å². The van der Waals surface area contributed by atoms with Crippen LogP contribution in [0.15, 0.2) is 43.0 Å². The molecule has 0 bridgehead atoms. The van der Waals surface area contributed by atoms with E-state index in [1.807, 2.05) is 36.6 Å². The van der Waals surface area contributed by atoms with E-state index in [0.29, 0.717) is 35.6 Å². The monoisotopic (exact) mass is 395 g/mol. The summed E-state index contributed by atoms with van der Waals surface area (Å²) in [5.41, 5.74) is 1.64. The maximum Gasteiger partial charge on any atom is 0.256 e. The van der Waals surface area contributed by atoms with Crippen LogP contribution in [0.5, 0.6) is 0 Å². The second-order valence-corrected chi connectivity index (χ2v) is 7.60. The molecule has 150 valence electrons. The Balaban J connectivity index is 1.40. The number of carbonyl (C=O) groups excluding carboxylic acids is 1. The van der Waals surface area contributed by atoms with Gasteiger partial charge in [-0.05, 0) is 26.0 Å². The maximum atomic E-state index is 12.5. The lowest BCUT2D eigenvalue weighted by Gasteiger charge is -2.36. The number of amides is 1. The summed E-state index contributed by atoms with van der Waals surface area (Å²) >= 11 is 0. The molecule has 1 N–H and O–H groups in total. The third-order valence-electron chi connectivity index (χ3n) is 5.15. The highest BCUT2D eigenvalue weighted by Gasteiger charge is 2.45. The molecule has 9 nitrogen and oxygen atoms in total. The largest absolute Gasteiger partial charge is 0.349 e. The number of fused-ring (bicyclic) bond motifs is 2. The van der Waals surface area contributed by atoms with Crippen molar-refractivity contribution in [2.45, 2.75) is 44.5 Å². The summed E-state index contributed by atoms with van der Waals surface area (Å²) in [5, 5.41) is 2.81. The highest BCUT2D eigenvalue weighted by Crippen LogP contribution is 2.38. The summed E-state index contributed by atoms with van der Waals surface area (Å²) in [6, 6.07) is 8.96. The summed E-state index contributed by atoms with van der Waals surface area (Å²) in [4.78, 5) is 25.5. The quantitative estimate of drug-likeness (QED) is 0.727. The highest BCUT2D eigenvalue weighted by molar-refractivity contribution is 6.06. The zero-order valence-electron chi connectivity index (χ0n) is 16.1. The fourth-order valence-corrected chi connectivity index (χ4v) is 3.75. The lowest BCUT2D eigenvalue weighted by atomic mass is 10.1. The average Bonchev–Trinajstić information content (AvgIpc) is 3.32. The zero-order chi connectivity index (χ0) is 20.0. The number of imidazole rings is 1. The number of nitrogens with one attached hydrogen (secondary N) is 1. The molecule has 1 amide bonds. The lowest BCUT2D eigenvalue weighted by molar-refractivity contribution is -0.293. The van der Waals surface area contributed by atoms with Crippen LogP contribution in [-0.2, 0) is 14.2 Å². The predicted molar refractivity (Wildman–Crippen MR) is 103 cm³/mol. The van der Waals surface area contributed by atoms with Crippen LogP contribution in [0.1, 0.15) is 36.9 Å². The first-order valence-electron chi connectivity index (χ1n) is 9.51. The molecule has 0 saturated carbocycles. The molecule has 2 saturated heterocycles. The molecule has 0 spiro atoms. The molecule has 5 rings (SSSR count). The van der Waals surface area contributed by atoms with Crippen LogP contribution in [-0.4, -0.2) is 50.0 Å².